The Balaban J connectivity index is 2.03. The van der Waals surface area contributed by atoms with E-state index in [4.69, 9.17) is 0 Å². The fraction of sp³-hybridized carbons (Fsp3) is 0.333. The monoisotopic (exact) mass is 343 g/mol. The quantitative estimate of drug-likeness (QED) is 0.844. The van der Waals surface area contributed by atoms with Crippen molar-refractivity contribution in [3.8, 4) is 11.5 Å². The van der Waals surface area contributed by atoms with E-state index in [1.54, 1.807) is 13.2 Å². The molecule has 2 rings (SSSR count). The first-order chi connectivity index (χ1) is 11.2. The van der Waals surface area contributed by atoms with E-state index in [1.807, 2.05) is 0 Å². The number of carbonyl (C=O) groups excluding carboxylic acids is 1. The summed E-state index contributed by atoms with van der Waals surface area (Å²) in [6.45, 7) is -1.13. The molecule has 0 atom stereocenters. The van der Waals surface area contributed by atoms with E-state index >= 15 is 0 Å². The van der Waals surface area contributed by atoms with Crippen LogP contribution in [0, 0.1) is 0 Å². The second-order valence-electron chi connectivity index (χ2n) is 5.17. The molecule has 1 heterocycles. The SMILES string of the molecule is CN(CCc1cnc[nH]1)C(=O)c1cc(O)cc(OCC(F)(F)F)c1. The first-order valence-electron chi connectivity index (χ1n) is 7.01. The molecule has 0 aliphatic heterocycles. The predicted molar refractivity (Wildman–Crippen MR) is 78.9 cm³/mol. The minimum atomic E-state index is -4.50. The summed E-state index contributed by atoms with van der Waals surface area (Å²) < 4.78 is 41.2. The molecule has 24 heavy (non-hydrogen) atoms. The number of ether oxygens (including phenoxy) is 1. The van der Waals surface area contributed by atoms with Crippen LogP contribution in [-0.4, -0.2) is 52.3 Å². The summed E-state index contributed by atoms with van der Waals surface area (Å²) in [5.74, 6) is -1.01. The lowest BCUT2D eigenvalue weighted by atomic mass is 10.1. The molecule has 0 saturated heterocycles. The molecule has 9 heteroatoms. The maximum atomic E-state index is 12.3. The van der Waals surface area contributed by atoms with Crippen molar-refractivity contribution >= 4 is 5.91 Å². The van der Waals surface area contributed by atoms with Gasteiger partial charge in [-0.15, -0.1) is 0 Å². The van der Waals surface area contributed by atoms with Gasteiger partial charge in [-0.3, -0.25) is 4.79 Å². The molecule has 0 saturated carbocycles. The second kappa shape index (κ2) is 7.24. The average molecular weight is 343 g/mol. The molecule has 0 spiro atoms. The van der Waals surface area contributed by atoms with Crippen LogP contribution in [0.25, 0.3) is 0 Å². The number of alkyl halides is 3. The number of H-pyrrole nitrogens is 1. The van der Waals surface area contributed by atoms with Crippen LogP contribution in [0.15, 0.2) is 30.7 Å². The van der Waals surface area contributed by atoms with Crippen molar-refractivity contribution in [2.45, 2.75) is 12.6 Å². The van der Waals surface area contributed by atoms with Crippen LogP contribution in [0.2, 0.25) is 0 Å². The van der Waals surface area contributed by atoms with Gasteiger partial charge < -0.3 is 19.7 Å². The average Bonchev–Trinajstić information content (AvgIpc) is 3.02. The third-order valence-electron chi connectivity index (χ3n) is 3.16. The van der Waals surface area contributed by atoms with Crippen LogP contribution in [0.3, 0.4) is 0 Å². The number of hydrogen-bond acceptors (Lipinski definition) is 4. The molecular weight excluding hydrogens is 327 g/mol. The molecule has 0 bridgehead atoms. The lowest BCUT2D eigenvalue weighted by Crippen LogP contribution is -2.29. The number of aromatic amines is 1. The molecule has 1 amide bonds. The van der Waals surface area contributed by atoms with Crippen molar-refractivity contribution in [2.24, 2.45) is 0 Å². The third kappa shape index (κ3) is 5.18. The van der Waals surface area contributed by atoms with Crippen molar-refractivity contribution in [3.63, 3.8) is 0 Å². The largest absolute Gasteiger partial charge is 0.508 e. The molecule has 2 aromatic rings. The highest BCUT2D eigenvalue weighted by Gasteiger charge is 2.28. The number of benzene rings is 1. The topological polar surface area (TPSA) is 78.5 Å². The van der Waals surface area contributed by atoms with Crippen LogP contribution in [0.5, 0.6) is 11.5 Å². The molecule has 1 aromatic heterocycles. The number of carbonyl (C=O) groups is 1. The van der Waals surface area contributed by atoms with Gasteiger partial charge in [0.15, 0.2) is 6.61 Å². The van der Waals surface area contributed by atoms with E-state index in [1.165, 1.54) is 23.4 Å². The number of aromatic hydroxyl groups is 1. The van der Waals surface area contributed by atoms with Crippen LogP contribution in [0.4, 0.5) is 13.2 Å². The van der Waals surface area contributed by atoms with Crippen molar-refractivity contribution in [1.82, 2.24) is 14.9 Å². The maximum absolute atomic E-state index is 12.3. The Morgan fingerprint density at radius 2 is 2.12 bits per heavy atom. The van der Waals surface area contributed by atoms with Crippen LogP contribution >= 0.6 is 0 Å². The Hall–Kier alpha value is -2.71. The minimum Gasteiger partial charge on any atom is -0.508 e. The van der Waals surface area contributed by atoms with Crippen molar-refractivity contribution in [1.29, 1.82) is 0 Å². The van der Waals surface area contributed by atoms with Crippen LogP contribution < -0.4 is 4.74 Å². The normalized spacial score (nSPS) is 11.3. The smallest absolute Gasteiger partial charge is 0.422 e. The van der Waals surface area contributed by atoms with Gasteiger partial charge in [0.05, 0.1) is 6.33 Å². The number of imidazole rings is 1. The maximum Gasteiger partial charge on any atom is 0.422 e. The zero-order chi connectivity index (χ0) is 17.7. The summed E-state index contributed by atoms with van der Waals surface area (Å²) in [6, 6.07) is 3.36. The van der Waals surface area contributed by atoms with E-state index in [0.29, 0.717) is 13.0 Å². The number of halogens is 3. The molecule has 0 fully saturated rings. The van der Waals surface area contributed by atoms with Crippen LogP contribution in [-0.2, 0) is 6.42 Å². The first kappa shape index (κ1) is 17.6. The van der Waals surface area contributed by atoms with Gasteiger partial charge in [-0.05, 0) is 12.1 Å². The van der Waals surface area contributed by atoms with E-state index < -0.39 is 18.7 Å². The lowest BCUT2D eigenvalue weighted by molar-refractivity contribution is -0.153. The number of likely N-dealkylation sites (N-methyl/N-ethyl adjacent to an activating group) is 1. The highest BCUT2D eigenvalue weighted by Crippen LogP contribution is 2.25. The number of amides is 1. The first-order valence-corrected chi connectivity index (χ1v) is 7.01. The van der Waals surface area contributed by atoms with Crippen LogP contribution in [0.1, 0.15) is 16.1 Å². The van der Waals surface area contributed by atoms with E-state index in [0.717, 1.165) is 11.8 Å². The molecule has 1 aromatic carbocycles. The zero-order valence-electron chi connectivity index (χ0n) is 12.8. The molecule has 0 aliphatic carbocycles. The highest BCUT2D eigenvalue weighted by atomic mass is 19.4. The Bertz CT molecular complexity index is 687. The molecule has 6 nitrogen and oxygen atoms in total. The fourth-order valence-corrected chi connectivity index (χ4v) is 1.99. The summed E-state index contributed by atoms with van der Waals surface area (Å²) in [5.41, 5.74) is 0.888. The Kier molecular flexibility index (Phi) is 5.32. The summed E-state index contributed by atoms with van der Waals surface area (Å²) >= 11 is 0. The number of phenolic OH excluding ortho intramolecular Hbond substituents is 1. The third-order valence-corrected chi connectivity index (χ3v) is 3.16. The summed E-state index contributed by atoms with van der Waals surface area (Å²) in [7, 11) is 1.55. The number of nitrogens with one attached hydrogen (secondary N) is 1. The minimum absolute atomic E-state index is 0.0410. The number of phenols is 1. The van der Waals surface area contributed by atoms with Crippen molar-refractivity contribution in [3.05, 3.63) is 42.0 Å². The van der Waals surface area contributed by atoms with Gasteiger partial charge in [-0.25, -0.2) is 4.98 Å². The zero-order valence-corrected chi connectivity index (χ0v) is 12.8. The number of hydrogen-bond donors (Lipinski definition) is 2. The second-order valence-corrected chi connectivity index (χ2v) is 5.17. The van der Waals surface area contributed by atoms with Gasteiger partial charge in [0.2, 0.25) is 0 Å². The molecule has 0 unspecified atom stereocenters. The molecule has 0 radical (unpaired) electrons. The van der Waals surface area contributed by atoms with E-state index in [2.05, 4.69) is 14.7 Å². The number of nitrogens with zero attached hydrogens (tertiary/aromatic N) is 2. The lowest BCUT2D eigenvalue weighted by Gasteiger charge is -2.17. The standard InChI is InChI=1S/C15H16F3N3O3/c1-21(3-2-11-7-19-9-20-11)14(23)10-4-12(22)6-13(5-10)24-8-15(16,17)18/h4-7,9,22H,2-3,8H2,1H3,(H,19,20). The van der Waals surface area contributed by atoms with E-state index in [-0.39, 0.29) is 17.1 Å². The van der Waals surface area contributed by atoms with Gasteiger partial charge in [-0.2, -0.15) is 13.2 Å². The van der Waals surface area contributed by atoms with Gasteiger partial charge >= 0.3 is 6.18 Å². The Morgan fingerprint density at radius 1 is 1.38 bits per heavy atom. The Labute approximate surface area is 135 Å². The van der Waals surface area contributed by atoms with Crippen molar-refractivity contribution in [2.75, 3.05) is 20.2 Å². The molecule has 130 valence electrons. The van der Waals surface area contributed by atoms with E-state index in [9.17, 15) is 23.1 Å². The predicted octanol–water partition coefficient (Wildman–Crippen LogP) is 2.37. The fourth-order valence-electron chi connectivity index (χ4n) is 1.99. The van der Waals surface area contributed by atoms with Gasteiger partial charge in [0, 0.05) is 43.5 Å². The van der Waals surface area contributed by atoms with Gasteiger partial charge in [-0.1, -0.05) is 0 Å². The van der Waals surface area contributed by atoms with Gasteiger partial charge in [0.25, 0.3) is 5.91 Å². The number of rotatable bonds is 6. The Morgan fingerprint density at radius 3 is 2.75 bits per heavy atom. The molecule has 2 N–H and O–H groups in total. The molecular formula is C15H16F3N3O3. The summed E-state index contributed by atoms with van der Waals surface area (Å²) in [4.78, 5) is 20.5. The number of aromatic nitrogens is 2. The summed E-state index contributed by atoms with van der Waals surface area (Å²) in [5, 5.41) is 9.59. The highest BCUT2D eigenvalue weighted by molar-refractivity contribution is 5.94. The molecule has 0 aliphatic rings. The van der Waals surface area contributed by atoms with Gasteiger partial charge in [0.1, 0.15) is 11.5 Å². The summed E-state index contributed by atoms with van der Waals surface area (Å²) in [6.07, 6.45) is -0.804. The van der Waals surface area contributed by atoms with Crippen molar-refractivity contribution < 1.29 is 27.8 Å².